The predicted molar refractivity (Wildman–Crippen MR) is 320 cm³/mol. The minimum absolute atomic E-state index is 0.0178. The van der Waals surface area contributed by atoms with E-state index in [1.807, 2.05) is 0 Å². The number of allylic oxidation sites excluding steroid dienone is 2. The van der Waals surface area contributed by atoms with E-state index in [0.717, 1.165) is 38.5 Å². The Morgan fingerprint density at radius 3 is 0.973 bits per heavy atom. The molecule has 0 spiro atoms. The Balaban J connectivity index is 3.37. The highest BCUT2D eigenvalue weighted by Crippen LogP contribution is 2.19. The van der Waals surface area contributed by atoms with E-state index in [1.165, 1.54) is 308 Å². The first kappa shape index (κ1) is 71.6. The van der Waals surface area contributed by atoms with E-state index < -0.39 is 12.1 Å². The molecule has 0 aromatic heterocycles. The molecule has 1 amide bonds. The van der Waals surface area contributed by atoms with Crippen LogP contribution in [-0.2, 0) is 14.3 Å². The summed E-state index contributed by atoms with van der Waals surface area (Å²) >= 11 is 0. The number of nitrogens with one attached hydrogen (secondary N) is 1. The summed E-state index contributed by atoms with van der Waals surface area (Å²) in [5.41, 5.74) is 0. The fraction of sp³-hybridized carbons (Fsp3) is 0.940. The molecule has 0 radical (unpaired) electrons. The van der Waals surface area contributed by atoms with Gasteiger partial charge in [-0.1, -0.05) is 328 Å². The largest absolute Gasteiger partial charge is 0.466 e. The van der Waals surface area contributed by atoms with Gasteiger partial charge in [0.1, 0.15) is 0 Å². The lowest BCUT2D eigenvalue weighted by Crippen LogP contribution is -2.45. The smallest absolute Gasteiger partial charge is 0.305 e. The van der Waals surface area contributed by atoms with Crippen LogP contribution in [-0.4, -0.2) is 47.4 Å². The summed E-state index contributed by atoms with van der Waals surface area (Å²) in [7, 11) is 0. The van der Waals surface area contributed by atoms with Gasteiger partial charge in [-0.15, -0.1) is 0 Å². The van der Waals surface area contributed by atoms with Crippen molar-refractivity contribution in [3.05, 3.63) is 12.2 Å². The molecule has 73 heavy (non-hydrogen) atoms. The van der Waals surface area contributed by atoms with Crippen molar-refractivity contribution in [1.29, 1.82) is 0 Å². The fourth-order valence-corrected chi connectivity index (χ4v) is 10.7. The van der Waals surface area contributed by atoms with Gasteiger partial charge in [-0.2, -0.15) is 0 Å². The van der Waals surface area contributed by atoms with Crippen molar-refractivity contribution in [3.8, 4) is 0 Å². The first-order chi connectivity index (χ1) is 36.0. The third-order valence-corrected chi connectivity index (χ3v) is 15.8. The second kappa shape index (κ2) is 63.1. The summed E-state index contributed by atoms with van der Waals surface area (Å²) in [5.74, 6) is -0.0174. The Bertz CT molecular complexity index is 1100. The van der Waals surface area contributed by atoms with Crippen LogP contribution in [0, 0.1) is 0 Å². The minimum Gasteiger partial charge on any atom is -0.466 e. The first-order valence-corrected chi connectivity index (χ1v) is 33.4. The van der Waals surface area contributed by atoms with Crippen LogP contribution in [0.3, 0.4) is 0 Å². The van der Waals surface area contributed by atoms with E-state index in [1.54, 1.807) is 0 Å². The van der Waals surface area contributed by atoms with Crippen molar-refractivity contribution in [3.63, 3.8) is 0 Å². The molecule has 434 valence electrons. The number of amides is 1. The molecular formula is C67H131NO5. The number of ether oxygens (including phenoxy) is 1. The predicted octanol–water partition coefficient (Wildman–Crippen LogP) is 21.2. The van der Waals surface area contributed by atoms with E-state index in [-0.39, 0.29) is 18.5 Å². The van der Waals surface area contributed by atoms with Crippen molar-refractivity contribution in [2.24, 2.45) is 0 Å². The zero-order chi connectivity index (χ0) is 52.9. The number of rotatable bonds is 63. The number of carbonyl (C=O) groups excluding carboxylic acids is 2. The monoisotopic (exact) mass is 1030 g/mol. The third-order valence-electron chi connectivity index (χ3n) is 15.8. The van der Waals surface area contributed by atoms with Gasteiger partial charge in [-0.3, -0.25) is 9.59 Å². The Kier molecular flexibility index (Phi) is 61.9. The highest BCUT2D eigenvalue weighted by Gasteiger charge is 2.20. The quantitative estimate of drug-likeness (QED) is 0.0320. The van der Waals surface area contributed by atoms with Gasteiger partial charge in [0.15, 0.2) is 0 Å². The highest BCUT2D eigenvalue weighted by atomic mass is 16.5. The lowest BCUT2D eigenvalue weighted by atomic mass is 10.0. The molecule has 2 unspecified atom stereocenters. The minimum atomic E-state index is -0.665. The second-order valence-corrected chi connectivity index (χ2v) is 23.2. The number of aliphatic hydroxyl groups is 2. The van der Waals surface area contributed by atoms with Gasteiger partial charge in [0, 0.05) is 12.8 Å². The van der Waals surface area contributed by atoms with Crippen LogP contribution in [0.15, 0.2) is 12.2 Å². The van der Waals surface area contributed by atoms with Gasteiger partial charge in [0.05, 0.1) is 25.4 Å². The Morgan fingerprint density at radius 1 is 0.370 bits per heavy atom. The summed E-state index contributed by atoms with van der Waals surface area (Å²) in [6, 6.07) is -0.543. The number of aliphatic hydroxyl groups excluding tert-OH is 2. The number of unbranched alkanes of at least 4 members (excludes halogenated alkanes) is 50. The normalized spacial score (nSPS) is 12.5. The molecule has 0 bridgehead atoms. The summed E-state index contributed by atoms with van der Waals surface area (Å²) in [6.45, 7) is 4.99. The fourth-order valence-electron chi connectivity index (χ4n) is 10.7. The lowest BCUT2D eigenvalue weighted by molar-refractivity contribution is -0.143. The van der Waals surface area contributed by atoms with Gasteiger partial charge in [0.2, 0.25) is 5.91 Å². The summed E-state index contributed by atoms with van der Waals surface area (Å²) in [4.78, 5) is 24.6. The maximum Gasteiger partial charge on any atom is 0.305 e. The molecule has 0 saturated heterocycles. The number of hydrogen-bond acceptors (Lipinski definition) is 5. The molecule has 0 rings (SSSR count). The van der Waals surface area contributed by atoms with Crippen LogP contribution < -0.4 is 5.32 Å². The molecule has 0 fully saturated rings. The molecule has 6 nitrogen and oxygen atoms in total. The molecular weight excluding hydrogens is 899 g/mol. The zero-order valence-electron chi connectivity index (χ0n) is 49.6. The molecule has 2 atom stereocenters. The molecule has 0 aromatic rings. The van der Waals surface area contributed by atoms with E-state index in [9.17, 15) is 19.8 Å². The van der Waals surface area contributed by atoms with Crippen LogP contribution in [0.1, 0.15) is 380 Å². The second-order valence-electron chi connectivity index (χ2n) is 23.2. The first-order valence-electron chi connectivity index (χ1n) is 33.4. The topological polar surface area (TPSA) is 95.9 Å². The van der Waals surface area contributed by atoms with E-state index in [4.69, 9.17) is 4.74 Å². The summed E-state index contributed by atoms with van der Waals surface area (Å²) in [5, 5.41) is 23.3. The molecule has 0 aliphatic rings. The number of esters is 1. The highest BCUT2D eigenvalue weighted by molar-refractivity contribution is 5.76. The number of hydrogen-bond donors (Lipinski definition) is 3. The molecule has 0 aliphatic carbocycles. The average molecular weight is 1030 g/mol. The zero-order valence-corrected chi connectivity index (χ0v) is 49.6. The SMILES string of the molecule is CCCCCCCCCCCCCCCCCCC(=O)OCCCCCCCCCCCCCC/C=C\CCCCCCCCCCCC(=O)NC(CO)C(O)CCCCCCCCCCCCCCCCC. The van der Waals surface area contributed by atoms with Crippen LogP contribution in [0.4, 0.5) is 0 Å². The third kappa shape index (κ3) is 59.7. The maximum absolute atomic E-state index is 12.5. The van der Waals surface area contributed by atoms with Crippen molar-refractivity contribution in [2.45, 2.75) is 392 Å². The average Bonchev–Trinajstić information content (AvgIpc) is 3.39. The standard InChI is InChI=1S/C67H131NO5/c1-3-5-7-9-11-13-15-17-19-33-37-41-45-49-53-57-61-67(72)73-62-58-54-50-46-42-38-34-30-28-26-24-22-20-21-23-25-27-29-32-36-40-44-48-52-56-60-66(71)68-64(63-69)65(70)59-55-51-47-43-39-35-31-18-16-14-12-10-8-6-4-2/h21,23,64-65,69-70H,3-20,22,24-63H2,1-2H3,(H,68,71)/b23-21-. The van der Waals surface area contributed by atoms with Gasteiger partial charge in [-0.05, 0) is 51.4 Å². The van der Waals surface area contributed by atoms with Crippen LogP contribution in [0.5, 0.6) is 0 Å². The molecule has 0 saturated carbocycles. The Hall–Kier alpha value is -1.40. The Morgan fingerprint density at radius 2 is 0.644 bits per heavy atom. The van der Waals surface area contributed by atoms with E-state index >= 15 is 0 Å². The Labute approximate surface area is 457 Å². The van der Waals surface area contributed by atoms with Gasteiger partial charge in [-0.25, -0.2) is 0 Å². The van der Waals surface area contributed by atoms with Crippen molar-refractivity contribution in [2.75, 3.05) is 13.2 Å². The van der Waals surface area contributed by atoms with Crippen LogP contribution >= 0.6 is 0 Å². The molecule has 3 N–H and O–H groups in total. The van der Waals surface area contributed by atoms with E-state index in [2.05, 4.69) is 31.3 Å². The van der Waals surface area contributed by atoms with Gasteiger partial charge in [0.25, 0.3) is 0 Å². The van der Waals surface area contributed by atoms with Gasteiger partial charge >= 0.3 is 5.97 Å². The van der Waals surface area contributed by atoms with Crippen LogP contribution in [0.25, 0.3) is 0 Å². The van der Waals surface area contributed by atoms with Crippen molar-refractivity contribution < 1.29 is 24.5 Å². The lowest BCUT2D eigenvalue weighted by Gasteiger charge is -2.22. The molecule has 6 heteroatoms. The van der Waals surface area contributed by atoms with Crippen LogP contribution in [0.2, 0.25) is 0 Å². The maximum atomic E-state index is 12.5. The molecule has 0 aliphatic heterocycles. The number of carbonyl (C=O) groups is 2. The molecule has 0 aromatic carbocycles. The summed E-state index contributed by atoms with van der Waals surface area (Å²) in [6.07, 6.45) is 76.7. The van der Waals surface area contributed by atoms with Crippen molar-refractivity contribution in [1.82, 2.24) is 5.32 Å². The van der Waals surface area contributed by atoms with Crippen molar-refractivity contribution >= 4 is 11.9 Å². The van der Waals surface area contributed by atoms with Gasteiger partial charge < -0.3 is 20.3 Å². The molecule has 0 heterocycles. The van der Waals surface area contributed by atoms with E-state index in [0.29, 0.717) is 25.9 Å². The summed E-state index contributed by atoms with van der Waals surface area (Å²) < 4.78 is 5.50.